The zero-order chi connectivity index (χ0) is 17.4. The minimum atomic E-state index is -0.319. The number of nitrogens with zero attached hydrogens (tertiary/aromatic N) is 4. The number of halogens is 1. The van der Waals surface area contributed by atoms with Gasteiger partial charge in [-0.1, -0.05) is 18.2 Å². The number of aryl methyl sites for hydroxylation is 2. The van der Waals surface area contributed by atoms with Crippen LogP contribution in [0.4, 0.5) is 15.9 Å². The Bertz CT molecular complexity index is 1070. The van der Waals surface area contributed by atoms with Crippen molar-refractivity contribution >= 4 is 22.5 Å². The second-order valence-electron chi connectivity index (χ2n) is 5.77. The van der Waals surface area contributed by atoms with Crippen LogP contribution in [0.15, 0.2) is 54.7 Å². The highest BCUT2D eigenvalue weighted by molar-refractivity contribution is 5.82. The van der Waals surface area contributed by atoms with Gasteiger partial charge in [0.1, 0.15) is 5.82 Å². The molecule has 0 atom stereocenters. The smallest absolute Gasteiger partial charge is 0.152 e. The molecule has 6 heteroatoms. The van der Waals surface area contributed by atoms with E-state index >= 15 is 0 Å². The van der Waals surface area contributed by atoms with Gasteiger partial charge in [0, 0.05) is 13.2 Å². The Morgan fingerprint density at radius 2 is 1.72 bits per heavy atom. The lowest BCUT2D eigenvalue weighted by atomic mass is 10.1. The first kappa shape index (κ1) is 15.3. The second kappa shape index (κ2) is 5.98. The molecule has 4 rings (SSSR count). The van der Waals surface area contributed by atoms with Crippen LogP contribution < -0.4 is 5.32 Å². The summed E-state index contributed by atoms with van der Waals surface area (Å²) in [5.74, 6) is 0.285. The van der Waals surface area contributed by atoms with Crippen molar-refractivity contribution in [3.63, 3.8) is 0 Å². The molecule has 0 aliphatic carbocycles. The summed E-state index contributed by atoms with van der Waals surface area (Å²) in [5, 5.41) is 7.37. The van der Waals surface area contributed by atoms with Crippen LogP contribution in [0.3, 0.4) is 0 Å². The molecule has 5 nitrogen and oxygen atoms in total. The second-order valence-corrected chi connectivity index (χ2v) is 5.77. The van der Waals surface area contributed by atoms with E-state index in [-0.39, 0.29) is 5.82 Å². The third kappa shape index (κ3) is 2.71. The van der Waals surface area contributed by atoms with Crippen LogP contribution in [0.1, 0.15) is 5.69 Å². The topological polar surface area (TPSA) is 55.6 Å². The molecule has 0 amide bonds. The highest BCUT2D eigenvalue weighted by Crippen LogP contribution is 2.32. The molecule has 0 spiro atoms. The molecule has 124 valence electrons. The van der Waals surface area contributed by atoms with Crippen LogP contribution in [0.5, 0.6) is 0 Å². The van der Waals surface area contributed by atoms with Crippen LogP contribution >= 0.6 is 0 Å². The summed E-state index contributed by atoms with van der Waals surface area (Å²) in [6, 6.07) is 14.4. The third-order valence-corrected chi connectivity index (χ3v) is 4.09. The molecule has 2 aromatic carbocycles. The fourth-order valence-electron chi connectivity index (χ4n) is 2.84. The van der Waals surface area contributed by atoms with E-state index in [4.69, 9.17) is 0 Å². The lowest BCUT2D eigenvalue weighted by Gasteiger charge is -2.14. The summed E-state index contributed by atoms with van der Waals surface area (Å²) in [4.78, 5) is 9.19. The van der Waals surface area contributed by atoms with Crippen LogP contribution in [0.25, 0.3) is 22.3 Å². The van der Waals surface area contributed by atoms with Crippen LogP contribution in [-0.4, -0.2) is 19.7 Å². The molecular weight excluding hydrogens is 317 g/mol. The predicted octanol–water partition coefficient (Wildman–Crippen LogP) is 4.22. The fraction of sp³-hybridized carbons (Fsp3) is 0.105. The number of aromatic nitrogens is 4. The standard InChI is InChI=1S/C19H16FN5/c1-12-19(23-15-8-4-3-7-14(15)22-12)24-16-9-5-6-13(20)18(16)17-10-11-21-25(17)2/h3-11H,1-2H3,(H,23,24). The zero-order valence-corrected chi connectivity index (χ0v) is 13.9. The number of hydrogen-bond donors (Lipinski definition) is 1. The molecule has 0 saturated carbocycles. The number of benzene rings is 2. The fourth-order valence-corrected chi connectivity index (χ4v) is 2.84. The monoisotopic (exact) mass is 333 g/mol. The summed E-state index contributed by atoms with van der Waals surface area (Å²) in [6.45, 7) is 1.88. The van der Waals surface area contributed by atoms with E-state index < -0.39 is 0 Å². The van der Waals surface area contributed by atoms with Gasteiger partial charge in [0.25, 0.3) is 0 Å². The molecule has 0 aliphatic rings. The van der Waals surface area contributed by atoms with E-state index in [9.17, 15) is 4.39 Å². The molecular formula is C19H16FN5. The van der Waals surface area contributed by atoms with Crippen molar-refractivity contribution in [1.82, 2.24) is 19.7 Å². The molecule has 1 N–H and O–H groups in total. The lowest BCUT2D eigenvalue weighted by Crippen LogP contribution is -2.03. The lowest BCUT2D eigenvalue weighted by molar-refractivity contribution is 0.628. The molecule has 25 heavy (non-hydrogen) atoms. The minimum Gasteiger partial charge on any atom is -0.338 e. The Morgan fingerprint density at radius 1 is 0.960 bits per heavy atom. The van der Waals surface area contributed by atoms with Gasteiger partial charge in [-0.25, -0.2) is 14.4 Å². The Labute approximate surface area is 144 Å². The summed E-state index contributed by atoms with van der Waals surface area (Å²) in [7, 11) is 1.78. The van der Waals surface area contributed by atoms with Crippen LogP contribution in [0.2, 0.25) is 0 Å². The highest BCUT2D eigenvalue weighted by atomic mass is 19.1. The van der Waals surface area contributed by atoms with Gasteiger partial charge in [0.2, 0.25) is 0 Å². The molecule has 0 radical (unpaired) electrons. The van der Waals surface area contributed by atoms with Crippen molar-refractivity contribution in [2.45, 2.75) is 6.92 Å². The van der Waals surface area contributed by atoms with Gasteiger partial charge >= 0.3 is 0 Å². The number of anilines is 2. The van der Waals surface area contributed by atoms with E-state index in [1.807, 2.05) is 37.3 Å². The molecule has 0 unspecified atom stereocenters. The first-order valence-electron chi connectivity index (χ1n) is 7.91. The van der Waals surface area contributed by atoms with Crippen molar-refractivity contribution in [1.29, 1.82) is 0 Å². The van der Waals surface area contributed by atoms with E-state index in [0.717, 1.165) is 16.7 Å². The number of nitrogens with one attached hydrogen (secondary N) is 1. The largest absolute Gasteiger partial charge is 0.338 e. The maximum absolute atomic E-state index is 14.5. The summed E-state index contributed by atoms with van der Waals surface area (Å²) in [6.07, 6.45) is 1.65. The van der Waals surface area contributed by atoms with Crippen LogP contribution in [-0.2, 0) is 7.05 Å². The van der Waals surface area contributed by atoms with Crippen molar-refractivity contribution in [2.24, 2.45) is 7.05 Å². The number of fused-ring (bicyclic) bond motifs is 1. The Kier molecular flexibility index (Phi) is 3.65. The van der Waals surface area contributed by atoms with Gasteiger partial charge in [-0.2, -0.15) is 5.10 Å². The summed E-state index contributed by atoms with van der Waals surface area (Å²) < 4.78 is 16.2. The SMILES string of the molecule is Cc1nc2ccccc2nc1Nc1cccc(F)c1-c1ccnn1C. The molecule has 4 aromatic rings. The molecule has 2 aromatic heterocycles. The van der Waals surface area contributed by atoms with Crippen molar-refractivity contribution < 1.29 is 4.39 Å². The van der Waals surface area contributed by atoms with Crippen molar-refractivity contribution in [2.75, 3.05) is 5.32 Å². The summed E-state index contributed by atoms with van der Waals surface area (Å²) in [5.41, 5.74) is 4.13. The van der Waals surface area contributed by atoms with Gasteiger partial charge in [0.15, 0.2) is 5.82 Å². The average molecular weight is 333 g/mol. The normalized spacial score (nSPS) is 11.0. The number of hydrogen-bond acceptors (Lipinski definition) is 4. The molecule has 2 heterocycles. The first-order valence-corrected chi connectivity index (χ1v) is 7.91. The molecule has 0 aliphatic heterocycles. The minimum absolute atomic E-state index is 0.319. The van der Waals surface area contributed by atoms with E-state index in [0.29, 0.717) is 22.8 Å². The molecule has 0 fully saturated rings. The van der Waals surface area contributed by atoms with Gasteiger partial charge in [-0.05, 0) is 37.3 Å². The van der Waals surface area contributed by atoms with E-state index in [1.54, 1.807) is 30.1 Å². The highest BCUT2D eigenvalue weighted by Gasteiger charge is 2.15. The molecule has 0 saturated heterocycles. The third-order valence-electron chi connectivity index (χ3n) is 4.09. The Hall–Kier alpha value is -3.28. The zero-order valence-electron chi connectivity index (χ0n) is 13.9. The van der Waals surface area contributed by atoms with Gasteiger partial charge in [-0.15, -0.1) is 0 Å². The maximum Gasteiger partial charge on any atom is 0.152 e. The maximum atomic E-state index is 14.5. The van der Waals surface area contributed by atoms with Gasteiger partial charge < -0.3 is 5.32 Å². The van der Waals surface area contributed by atoms with Crippen molar-refractivity contribution in [3.05, 3.63) is 66.2 Å². The number of para-hydroxylation sites is 2. The van der Waals surface area contributed by atoms with E-state index in [1.165, 1.54) is 6.07 Å². The Morgan fingerprint density at radius 3 is 2.44 bits per heavy atom. The predicted molar refractivity (Wildman–Crippen MR) is 96.2 cm³/mol. The molecule has 0 bridgehead atoms. The summed E-state index contributed by atoms with van der Waals surface area (Å²) >= 11 is 0. The quantitative estimate of drug-likeness (QED) is 0.610. The van der Waals surface area contributed by atoms with Gasteiger partial charge in [-0.3, -0.25) is 4.68 Å². The van der Waals surface area contributed by atoms with E-state index in [2.05, 4.69) is 20.4 Å². The number of rotatable bonds is 3. The average Bonchev–Trinajstić information content (AvgIpc) is 3.01. The Balaban J connectivity index is 1.83. The van der Waals surface area contributed by atoms with Gasteiger partial charge in [0.05, 0.1) is 33.7 Å². The van der Waals surface area contributed by atoms with Crippen LogP contribution in [0, 0.1) is 12.7 Å². The first-order chi connectivity index (χ1) is 12.1. The van der Waals surface area contributed by atoms with Crippen molar-refractivity contribution in [3.8, 4) is 11.3 Å².